The normalized spacial score (nSPS) is 11.1. The lowest BCUT2D eigenvalue weighted by Crippen LogP contribution is -2.23. The highest BCUT2D eigenvalue weighted by Gasteiger charge is 2.19. The smallest absolute Gasteiger partial charge is 0.295 e. The van der Waals surface area contributed by atoms with Crippen LogP contribution in [0.5, 0.6) is 0 Å². The zero-order chi connectivity index (χ0) is 21.8. The first-order valence-electron chi connectivity index (χ1n) is 9.38. The van der Waals surface area contributed by atoms with E-state index in [0.717, 1.165) is 11.3 Å². The summed E-state index contributed by atoms with van der Waals surface area (Å²) < 4.78 is 3.14. The van der Waals surface area contributed by atoms with Crippen LogP contribution in [0.15, 0.2) is 65.0 Å². The Kier molecular flexibility index (Phi) is 5.88. The molecule has 1 aromatic heterocycles. The Morgan fingerprint density at radius 1 is 1.10 bits per heavy atom. The maximum atomic E-state index is 12.9. The van der Waals surface area contributed by atoms with Crippen LogP contribution in [0.1, 0.15) is 11.3 Å². The van der Waals surface area contributed by atoms with Crippen molar-refractivity contribution in [3.63, 3.8) is 0 Å². The Balaban J connectivity index is 1.91. The molecule has 152 valence electrons. The molecule has 0 radical (unpaired) electrons. The number of nitrogens with one attached hydrogen (secondary N) is 1. The minimum absolute atomic E-state index is 0.0819. The summed E-state index contributed by atoms with van der Waals surface area (Å²) in [5.74, 6) is -0.625. The summed E-state index contributed by atoms with van der Waals surface area (Å²) in [7, 11) is 5.61. The fourth-order valence-electron chi connectivity index (χ4n) is 3.08. The van der Waals surface area contributed by atoms with E-state index < -0.39 is 5.91 Å². The van der Waals surface area contributed by atoms with Crippen molar-refractivity contribution in [3.8, 4) is 11.8 Å². The molecule has 2 aromatic carbocycles. The van der Waals surface area contributed by atoms with Gasteiger partial charge in [-0.2, -0.15) is 5.26 Å². The molecular formula is C23H23N5O2. The first kappa shape index (κ1) is 20.7. The van der Waals surface area contributed by atoms with Crippen LogP contribution < -0.4 is 15.8 Å². The molecule has 0 fully saturated rings. The maximum absolute atomic E-state index is 12.9. The molecule has 0 saturated heterocycles. The van der Waals surface area contributed by atoms with E-state index in [-0.39, 0.29) is 16.8 Å². The van der Waals surface area contributed by atoms with Crippen molar-refractivity contribution in [2.45, 2.75) is 6.92 Å². The average molecular weight is 401 g/mol. The summed E-state index contributed by atoms with van der Waals surface area (Å²) in [6, 6.07) is 18.5. The number of carbonyl (C=O) groups is 1. The third-order valence-corrected chi connectivity index (χ3v) is 4.88. The molecule has 7 heteroatoms. The molecule has 1 amide bonds. The number of hydrogen-bond donors (Lipinski definition) is 1. The Labute approximate surface area is 175 Å². The SMILES string of the molecule is Cc1c(NC(=O)/C(C#N)=C\c2ccc(N(C)C)cc2)c(=O)n(-c2ccccc2)n1C. The molecule has 0 unspecified atom stereocenters. The first-order chi connectivity index (χ1) is 14.3. The van der Waals surface area contributed by atoms with Gasteiger partial charge in [-0.3, -0.25) is 14.3 Å². The number of rotatable bonds is 5. The third-order valence-electron chi connectivity index (χ3n) is 4.88. The fourth-order valence-corrected chi connectivity index (χ4v) is 3.08. The second-order valence-corrected chi connectivity index (χ2v) is 7.05. The van der Waals surface area contributed by atoms with Crippen LogP contribution in [0, 0.1) is 18.3 Å². The minimum atomic E-state index is -0.625. The van der Waals surface area contributed by atoms with Crippen molar-refractivity contribution in [2.24, 2.45) is 7.05 Å². The molecule has 0 aliphatic carbocycles. The molecule has 0 aliphatic rings. The van der Waals surface area contributed by atoms with Crippen LogP contribution in [0.3, 0.4) is 0 Å². The van der Waals surface area contributed by atoms with Gasteiger partial charge in [0.05, 0.1) is 11.4 Å². The average Bonchev–Trinajstić information content (AvgIpc) is 2.96. The van der Waals surface area contributed by atoms with Gasteiger partial charge in [-0.1, -0.05) is 30.3 Å². The molecule has 0 saturated carbocycles. The van der Waals surface area contributed by atoms with Crippen molar-refractivity contribution in [2.75, 3.05) is 24.3 Å². The summed E-state index contributed by atoms with van der Waals surface area (Å²) in [6.07, 6.45) is 1.50. The Morgan fingerprint density at radius 3 is 2.30 bits per heavy atom. The van der Waals surface area contributed by atoms with Gasteiger partial charge in [-0.25, -0.2) is 4.68 Å². The van der Waals surface area contributed by atoms with Crippen LogP contribution in [-0.4, -0.2) is 29.4 Å². The van der Waals surface area contributed by atoms with Gasteiger partial charge in [0.1, 0.15) is 17.3 Å². The molecule has 0 bridgehead atoms. The van der Waals surface area contributed by atoms with E-state index >= 15 is 0 Å². The highest BCUT2D eigenvalue weighted by Crippen LogP contribution is 2.17. The van der Waals surface area contributed by atoms with Gasteiger partial charge in [-0.05, 0) is 42.8 Å². The van der Waals surface area contributed by atoms with Gasteiger partial charge in [0.25, 0.3) is 11.5 Å². The molecular weight excluding hydrogens is 378 g/mol. The molecule has 0 atom stereocenters. The monoisotopic (exact) mass is 401 g/mol. The van der Waals surface area contributed by atoms with Crippen molar-refractivity contribution < 1.29 is 4.79 Å². The van der Waals surface area contributed by atoms with E-state index in [0.29, 0.717) is 11.4 Å². The van der Waals surface area contributed by atoms with Gasteiger partial charge in [0.2, 0.25) is 0 Å². The van der Waals surface area contributed by atoms with Crippen LogP contribution in [-0.2, 0) is 11.8 Å². The highest BCUT2D eigenvalue weighted by atomic mass is 16.2. The lowest BCUT2D eigenvalue weighted by Gasteiger charge is -2.11. The number of hydrogen-bond acceptors (Lipinski definition) is 4. The number of aromatic nitrogens is 2. The molecule has 1 heterocycles. The summed E-state index contributed by atoms with van der Waals surface area (Å²) in [5, 5.41) is 12.1. The Hall–Kier alpha value is -4.05. The van der Waals surface area contributed by atoms with Crippen molar-refractivity contribution >= 4 is 23.4 Å². The molecule has 30 heavy (non-hydrogen) atoms. The van der Waals surface area contributed by atoms with Crippen molar-refractivity contribution in [1.82, 2.24) is 9.36 Å². The number of carbonyl (C=O) groups excluding carboxylic acids is 1. The lowest BCUT2D eigenvalue weighted by molar-refractivity contribution is -0.112. The molecule has 3 aromatic rings. The maximum Gasteiger partial charge on any atom is 0.295 e. The Morgan fingerprint density at radius 2 is 1.73 bits per heavy atom. The summed E-state index contributed by atoms with van der Waals surface area (Å²) in [4.78, 5) is 27.6. The summed E-state index contributed by atoms with van der Waals surface area (Å²) in [5.41, 5.74) is 2.71. The Bertz CT molecular complexity index is 1190. The van der Waals surface area contributed by atoms with Gasteiger partial charge >= 0.3 is 0 Å². The van der Waals surface area contributed by atoms with Crippen LogP contribution in [0.25, 0.3) is 11.8 Å². The quantitative estimate of drug-likeness (QED) is 0.526. The fraction of sp³-hybridized carbons (Fsp3) is 0.174. The molecule has 7 nitrogen and oxygen atoms in total. The third kappa shape index (κ3) is 4.03. The zero-order valence-electron chi connectivity index (χ0n) is 17.4. The predicted molar refractivity (Wildman–Crippen MR) is 119 cm³/mol. The molecule has 3 rings (SSSR count). The predicted octanol–water partition coefficient (Wildman–Crippen LogP) is 3.10. The molecule has 0 aliphatic heterocycles. The molecule has 0 spiro atoms. The second kappa shape index (κ2) is 8.53. The van der Waals surface area contributed by atoms with Gasteiger partial charge in [0.15, 0.2) is 0 Å². The van der Waals surface area contributed by atoms with E-state index in [4.69, 9.17) is 0 Å². The van der Waals surface area contributed by atoms with Gasteiger partial charge in [-0.15, -0.1) is 0 Å². The van der Waals surface area contributed by atoms with E-state index in [1.807, 2.05) is 79.7 Å². The van der Waals surface area contributed by atoms with Crippen molar-refractivity contribution in [1.29, 1.82) is 5.26 Å². The largest absolute Gasteiger partial charge is 0.378 e. The number of benzene rings is 2. The van der Waals surface area contributed by atoms with E-state index in [2.05, 4.69) is 5.32 Å². The number of para-hydroxylation sites is 1. The molecule has 1 N–H and O–H groups in total. The van der Waals surface area contributed by atoms with Gasteiger partial charge < -0.3 is 10.2 Å². The highest BCUT2D eigenvalue weighted by molar-refractivity contribution is 6.09. The van der Waals surface area contributed by atoms with Crippen LogP contribution in [0.2, 0.25) is 0 Å². The van der Waals surface area contributed by atoms with Crippen LogP contribution in [0.4, 0.5) is 11.4 Å². The van der Waals surface area contributed by atoms with Crippen molar-refractivity contribution in [3.05, 3.63) is 81.8 Å². The van der Waals surface area contributed by atoms with Gasteiger partial charge in [0, 0.05) is 26.8 Å². The van der Waals surface area contributed by atoms with E-state index in [1.54, 1.807) is 18.7 Å². The van der Waals surface area contributed by atoms with E-state index in [9.17, 15) is 14.9 Å². The first-order valence-corrected chi connectivity index (χ1v) is 9.38. The van der Waals surface area contributed by atoms with Crippen LogP contribution >= 0.6 is 0 Å². The zero-order valence-corrected chi connectivity index (χ0v) is 17.4. The number of nitriles is 1. The number of nitrogens with zero attached hydrogens (tertiary/aromatic N) is 4. The number of anilines is 2. The summed E-state index contributed by atoms with van der Waals surface area (Å²) in [6.45, 7) is 1.74. The standard InChI is InChI=1S/C23H23N5O2/c1-16-21(23(30)28(27(16)4)20-8-6-5-7-9-20)25-22(29)18(15-24)14-17-10-12-19(13-11-17)26(2)3/h5-14H,1-4H3,(H,25,29)/b18-14-. The van der Waals surface area contributed by atoms with E-state index in [1.165, 1.54) is 10.8 Å². The topological polar surface area (TPSA) is 83.1 Å². The summed E-state index contributed by atoms with van der Waals surface area (Å²) >= 11 is 0. The second-order valence-electron chi connectivity index (χ2n) is 7.05. The minimum Gasteiger partial charge on any atom is -0.378 e. The lowest BCUT2D eigenvalue weighted by atomic mass is 10.1. The number of amides is 1.